The Morgan fingerprint density at radius 3 is 2.41 bits per heavy atom. The van der Waals surface area contributed by atoms with Gasteiger partial charge >= 0.3 is 5.69 Å². The number of hydrogen-bond acceptors (Lipinski definition) is 3. The van der Waals surface area contributed by atoms with Crippen LogP contribution in [0, 0.1) is 0 Å². The lowest BCUT2D eigenvalue weighted by molar-refractivity contribution is 0.708. The molecule has 2 aromatic heterocycles. The summed E-state index contributed by atoms with van der Waals surface area (Å²) in [5, 5.41) is 0.534. The fourth-order valence-electron chi connectivity index (χ4n) is 1.99. The molecule has 0 saturated heterocycles. The number of aryl methyl sites for hydroxylation is 1. The summed E-state index contributed by atoms with van der Waals surface area (Å²) in [5.41, 5.74) is 0.777. The third kappa shape index (κ3) is 1.58. The molecule has 0 amide bonds. The molecule has 0 atom stereocenters. The van der Waals surface area contributed by atoms with E-state index in [1.807, 2.05) is 13.8 Å². The first-order chi connectivity index (χ1) is 7.95. The zero-order valence-corrected chi connectivity index (χ0v) is 10.4. The summed E-state index contributed by atoms with van der Waals surface area (Å²) in [6.45, 7) is 3.96. The van der Waals surface area contributed by atoms with Crippen LogP contribution in [-0.2, 0) is 14.1 Å². The summed E-state index contributed by atoms with van der Waals surface area (Å²) in [6.07, 6.45) is 1.64. The Hall–Kier alpha value is -1.91. The van der Waals surface area contributed by atoms with Gasteiger partial charge in [0, 0.05) is 20.3 Å². The van der Waals surface area contributed by atoms with Gasteiger partial charge in [-0.15, -0.1) is 0 Å². The molecule has 0 aromatic carbocycles. The van der Waals surface area contributed by atoms with Crippen LogP contribution in [0.5, 0.6) is 0 Å². The van der Waals surface area contributed by atoms with E-state index in [1.54, 1.807) is 19.3 Å². The molecule has 0 fully saturated rings. The summed E-state index contributed by atoms with van der Waals surface area (Å²) in [4.78, 5) is 28.2. The Kier molecular flexibility index (Phi) is 2.61. The first-order valence-corrected chi connectivity index (χ1v) is 5.49. The van der Waals surface area contributed by atoms with E-state index in [-0.39, 0.29) is 17.2 Å². The van der Waals surface area contributed by atoms with Crippen molar-refractivity contribution in [1.29, 1.82) is 0 Å². The number of hydrogen-bond donors (Lipinski definition) is 0. The zero-order chi connectivity index (χ0) is 12.7. The molecule has 2 aromatic rings. The Morgan fingerprint density at radius 1 is 1.18 bits per heavy atom. The maximum Gasteiger partial charge on any atom is 0.330 e. The van der Waals surface area contributed by atoms with Gasteiger partial charge in [0.05, 0.1) is 16.6 Å². The highest BCUT2D eigenvalue weighted by atomic mass is 16.2. The summed E-state index contributed by atoms with van der Waals surface area (Å²) in [6, 6.07) is 1.70. The fraction of sp³-hybridized carbons (Fsp3) is 0.417. The number of aromatic nitrogens is 3. The molecule has 0 aliphatic carbocycles. The SMILES string of the molecule is CC(C)c1nccc2c1c(=O)n(C)c(=O)n2C. The molecule has 90 valence electrons. The number of nitrogens with zero attached hydrogens (tertiary/aromatic N) is 3. The van der Waals surface area contributed by atoms with Crippen molar-refractivity contribution in [1.82, 2.24) is 14.1 Å². The van der Waals surface area contributed by atoms with Gasteiger partial charge in [-0.25, -0.2) is 4.79 Å². The van der Waals surface area contributed by atoms with Crippen molar-refractivity contribution in [3.8, 4) is 0 Å². The summed E-state index contributed by atoms with van der Waals surface area (Å²) in [7, 11) is 3.15. The van der Waals surface area contributed by atoms with E-state index >= 15 is 0 Å². The molecule has 0 saturated carbocycles. The highest BCUT2D eigenvalue weighted by Crippen LogP contribution is 2.18. The quantitative estimate of drug-likeness (QED) is 0.730. The van der Waals surface area contributed by atoms with Crippen molar-refractivity contribution < 1.29 is 0 Å². The minimum atomic E-state index is -0.316. The summed E-state index contributed by atoms with van der Waals surface area (Å²) < 4.78 is 2.60. The van der Waals surface area contributed by atoms with Crippen LogP contribution in [0.25, 0.3) is 10.9 Å². The lowest BCUT2D eigenvalue weighted by atomic mass is 10.1. The smallest absolute Gasteiger partial charge is 0.296 e. The molecule has 0 N–H and O–H groups in total. The minimum absolute atomic E-state index is 0.143. The Labute approximate surface area is 98.3 Å². The highest BCUT2D eigenvalue weighted by molar-refractivity contribution is 5.80. The van der Waals surface area contributed by atoms with Crippen molar-refractivity contribution >= 4 is 10.9 Å². The van der Waals surface area contributed by atoms with Crippen molar-refractivity contribution in [2.75, 3.05) is 0 Å². The second-order valence-electron chi connectivity index (χ2n) is 4.45. The van der Waals surface area contributed by atoms with E-state index in [0.29, 0.717) is 10.9 Å². The monoisotopic (exact) mass is 233 g/mol. The first-order valence-electron chi connectivity index (χ1n) is 5.49. The molecule has 2 heterocycles. The van der Waals surface area contributed by atoms with Crippen LogP contribution in [0.15, 0.2) is 21.9 Å². The van der Waals surface area contributed by atoms with Crippen LogP contribution in [0.1, 0.15) is 25.5 Å². The van der Waals surface area contributed by atoms with Crippen molar-refractivity contribution in [2.24, 2.45) is 14.1 Å². The van der Waals surface area contributed by atoms with Gasteiger partial charge in [0.25, 0.3) is 5.56 Å². The van der Waals surface area contributed by atoms with E-state index in [0.717, 1.165) is 10.3 Å². The Balaban J connectivity index is 3.12. The van der Waals surface area contributed by atoms with E-state index in [1.165, 1.54) is 11.6 Å². The van der Waals surface area contributed by atoms with Gasteiger partial charge in [-0.1, -0.05) is 13.8 Å². The molecule has 0 bridgehead atoms. The Bertz CT molecular complexity index is 695. The van der Waals surface area contributed by atoms with Crippen LogP contribution in [-0.4, -0.2) is 14.1 Å². The second kappa shape index (κ2) is 3.84. The third-order valence-electron chi connectivity index (χ3n) is 2.96. The second-order valence-corrected chi connectivity index (χ2v) is 4.45. The highest BCUT2D eigenvalue weighted by Gasteiger charge is 2.14. The van der Waals surface area contributed by atoms with Gasteiger partial charge in [0.15, 0.2) is 0 Å². The first kappa shape index (κ1) is 11.6. The van der Waals surface area contributed by atoms with Crippen LogP contribution in [0.3, 0.4) is 0 Å². The molecule has 0 aliphatic rings. The predicted molar refractivity (Wildman–Crippen MR) is 66.3 cm³/mol. The fourth-order valence-corrected chi connectivity index (χ4v) is 1.99. The van der Waals surface area contributed by atoms with Crippen molar-refractivity contribution in [3.63, 3.8) is 0 Å². The molecular formula is C12H15N3O2. The van der Waals surface area contributed by atoms with Gasteiger partial charge in [0.1, 0.15) is 0 Å². The molecule has 0 radical (unpaired) electrons. The summed E-state index contributed by atoms with van der Waals surface area (Å²) >= 11 is 0. The standard InChI is InChI=1S/C12H15N3O2/c1-7(2)10-9-8(5-6-13-10)14(3)12(17)15(4)11(9)16/h5-7H,1-4H3. The van der Waals surface area contributed by atoms with Gasteiger partial charge in [-0.2, -0.15) is 0 Å². The van der Waals surface area contributed by atoms with Gasteiger partial charge < -0.3 is 0 Å². The number of rotatable bonds is 1. The van der Waals surface area contributed by atoms with Crippen LogP contribution in [0.2, 0.25) is 0 Å². The molecule has 17 heavy (non-hydrogen) atoms. The largest absolute Gasteiger partial charge is 0.330 e. The van der Waals surface area contributed by atoms with Crippen LogP contribution >= 0.6 is 0 Å². The zero-order valence-electron chi connectivity index (χ0n) is 10.4. The summed E-state index contributed by atoms with van der Waals surface area (Å²) in [5.74, 6) is 0.143. The van der Waals surface area contributed by atoms with E-state index in [2.05, 4.69) is 4.98 Å². The molecule has 0 unspecified atom stereocenters. The molecule has 0 spiro atoms. The van der Waals surface area contributed by atoms with E-state index in [9.17, 15) is 9.59 Å². The molecular weight excluding hydrogens is 218 g/mol. The molecule has 5 nitrogen and oxygen atoms in total. The lowest BCUT2D eigenvalue weighted by Crippen LogP contribution is -2.37. The average Bonchev–Trinajstić information content (AvgIpc) is 2.32. The van der Waals surface area contributed by atoms with Gasteiger partial charge in [-0.3, -0.25) is 18.9 Å². The Morgan fingerprint density at radius 2 is 1.82 bits per heavy atom. The number of fused-ring (bicyclic) bond motifs is 1. The van der Waals surface area contributed by atoms with Gasteiger partial charge in [0.2, 0.25) is 0 Å². The maximum absolute atomic E-state index is 12.1. The maximum atomic E-state index is 12.1. The average molecular weight is 233 g/mol. The predicted octanol–water partition coefficient (Wildman–Crippen LogP) is 0.756. The van der Waals surface area contributed by atoms with Gasteiger partial charge in [-0.05, 0) is 12.0 Å². The van der Waals surface area contributed by atoms with Crippen LogP contribution in [0.4, 0.5) is 0 Å². The minimum Gasteiger partial charge on any atom is -0.296 e. The molecule has 5 heteroatoms. The van der Waals surface area contributed by atoms with E-state index < -0.39 is 0 Å². The number of pyridine rings is 1. The molecule has 0 aliphatic heterocycles. The van der Waals surface area contributed by atoms with E-state index in [4.69, 9.17) is 0 Å². The van der Waals surface area contributed by atoms with Crippen molar-refractivity contribution in [2.45, 2.75) is 19.8 Å². The van der Waals surface area contributed by atoms with Crippen LogP contribution < -0.4 is 11.2 Å². The topological polar surface area (TPSA) is 56.9 Å². The lowest BCUT2D eigenvalue weighted by Gasteiger charge is -2.11. The van der Waals surface area contributed by atoms with Crippen molar-refractivity contribution in [3.05, 3.63) is 38.8 Å². The normalized spacial score (nSPS) is 11.4. The molecule has 2 rings (SSSR count). The third-order valence-corrected chi connectivity index (χ3v) is 2.96.